The molecule has 5 rings (SSSR count). The van der Waals surface area contributed by atoms with Gasteiger partial charge in [0.2, 0.25) is 5.89 Å². The first kappa shape index (κ1) is 16.6. The number of carbonyl (C=O) groups excluding carboxylic acids is 1. The van der Waals surface area contributed by atoms with E-state index in [2.05, 4.69) is 19.0 Å². The van der Waals surface area contributed by atoms with E-state index in [1.54, 1.807) is 18.2 Å². The first-order valence-electron chi connectivity index (χ1n) is 8.67. The van der Waals surface area contributed by atoms with Crippen LogP contribution in [0.15, 0.2) is 65.1 Å². The molecule has 0 saturated carbocycles. The fraction of sp³-hybridized carbons (Fsp3) is 0.0476. The molecule has 0 aliphatic carbocycles. The summed E-state index contributed by atoms with van der Waals surface area (Å²) >= 11 is 1.13. The van der Waals surface area contributed by atoms with Gasteiger partial charge in [-0.25, -0.2) is 4.98 Å². The molecule has 7 heteroatoms. The van der Waals surface area contributed by atoms with E-state index in [0.29, 0.717) is 17.1 Å². The number of fused-ring (bicyclic) bond motifs is 2. The topological polar surface area (TPSA) is 80.9 Å². The van der Waals surface area contributed by atoms with Gasteiger partial charge in [-0.3, -0.25) is 4.79 Å². The Hall–Kier alpha value is -3.58. The first-order chi connectivity index (χ1) is 13.7. The Morgan fingerprint density at radius 2 is 1.71 bits per heavy atom. The summed E-state index contributed by atoms with van der Waals surface area (Å²) in [5.74, 6) is 0.361. The van der Waals surface area contributed by atoms with E-state index < -0.39 is 0 Å². The number of aromatic nitrogens is 3. The van der Waals surface area contributed by atoms with Gasteiger partial charge in [0.15, 0.2) is 5.58 Å². The third-order valence-corrected chi connectivity index (χ3v) is 5.01. The summed E-state index contributed by atoms with van der Waals surface area (Å²) in [5.41, 5.74) is 6.31. The van der Waals surface area contributed by atoms with Gasteiger partial charge in [0.1, 0.15) is 16.6 Å². The van der Waals surface area contributed by atoms with Crippen molar-refractivity contribution in [2.24, 2.45) is 0 Å². The predicted molar refractivity (Wildman–Crippen MR) is 110 cm³/mol. The summed E-state index contributed by atoms with van der Waals surface area (Å²) in [6.45, 7) is 2.02. The summed E-state index contributed by atoms with van der Waals surface area (Å²) < 4.78 is 14.2. The van der Waals surface area contributed by atoms with Crippen LogP contribution in [0.4, 0.5) is 5.69 Å². The van der Waals surface area contributed by atoms with Crippen LogP contribution in [0.3, 0.4) is 0 Å². The summed E-state index contributed by atoms with van der Waals surface area (Å²) in [4.78, 5) is 17.0. The predicted octanol–water partition coefficient (Wildman–Crippen LogP) is 5.06. The highest BCUT2D eigenvalue weighted by Crippen LogP contribution is 2.26. The lowest BCUT2D eigenvalue weighted by atomic mass is 10.1. The van der Waals surface area contributed by atoms with E-state index in [1.165, 1.54) is 0 Å². The smallest absolute Gasteiger partial charge is 0.255 e. The molecule has 2 aromatic heterocycles. The molecule has 0 bridgehead atoms. The van der Waals surface area contributed by atoms with E-state index in [1.807, 2.05) is 49.4 Å². The zero-order valence-electron chi connectivity index (χ0n) is 14.8. The molecule has 0 radical (unpaired) electrons. The van der Waals surface area contributed by atoms with Crippen molar-refractivity contribution < 1.29 is 9.21 Å². The molecule has 6 nitrogen and oxygen atoms in total. The lowest BCUT2D eigenvalue weighted by molar-refractivity contribution is 0.102. The number of oxazole rings is 1. The molecule has 0 aliphatic heterocycles. The highest BCUT2D eigenvalue weighted by atomic mass is 32.1. The van der Waals surface area contributed by atoms with Crippen LogP contribution < -0.4 is 5.32 Å². The van der Waals surface area contributed by atoms with Gasteiger partial charge in [0, 0.05) is 16.8 Å². The zero-order chi connectivity index (χ0) is 19.1. The molecule has 1 amide bonds. The Bertz CT molecular complexity index is 1320. The molecular formula is C21H14N4O2S. The maximum atomic E-state index is 12.5. The monoisotopic (exact) mass is 386 g/mol. The lowest BCUT2D eigenvalue weighted by Gasteiger charge is -2.05. The fourth-order valence-corrected chi connectivity index (χ4v) is 3.50. The van der Waals surface area contributed by atoms with Crippen molar-refractivity contribution in [2.45, 2.75) is 6.92 Å². The lowest BCUT2D eigenvalue weighted by Crippen LogP contribution is -2.11. The van der Waals surface area contributed by atoms with E-state index in [4.69, 9.17) is 4.42 Å². The second-order valence-corrected chi connectivity index (χ2v) is 7.02. The molecule has 0 atom stereocenters. The van der Waals surface area contributed by atoms with Crippen LogP contribution in [0.25, 0.3) is 33.6 Å². The van der Waals surface area contributed by atoms with Gasteiger partial charge in [-0.15, -0.1) is 0 Å². The van der Waals surface area contributed by atoms with E-state index in [-0.39, 0.29) is 5.91 Å². The van der Waals surface area contributed by atoms with Gasteiger partial charge in [-0.2, -0.15) is 8.75 Å². The van der Waals surface area contributed by atoms with Crippen LogP contribution in [-0.4, -0.2) is 19.6 Å². The van der Waals surface area contributed by atoms with Crippen molar-refractivity contribution in [3.8, 4) is 11.5 Å². The second-order valence-electron chi connectivity index (χ2n) is 6.49. The highest BCUT2D eigenvalue weighted by Gasteiger charge is 2.11. The molecule has 0 saturated heterocycles. The van der Waals surface area contributed by atoms with Gasteiger partial charge in [-0.05, 0) is 67.1 Å². The van der Waals surface area contributed by atoms with E-state index >= 15 is 0 Å². The molecule has 5 aromatic rings. The second kappa shape index (κ2) is 6.54. The maximum absolute atomic E-state index is 12.5. The molecule has 2 heterocycles. The SMILES string of the molecule is Cc1ccc2nc(-c3ccc(NC(=O)c4ccc5nsnc5c4)cc3)oc2c1. The van der Waals surface area contributed by atoms with Gasteiger partial charge in [0.25, 0.3) is 5.91 Å². The normalized spacial score (nSPS) is 11.2. The molecule has 0 aliphatic rings. The molecule has 0 unspecified atom stereocenters. The van der Waals surface area contributed by atoms with Crippen molar-refractivity contribution in [2.75, 3.05) is 5.32 Å². The molecule has 3 aromatic carbocycles. The summed E-state index contributed by atoms with van der Waals surface area (Å²) in [6.07, 6.45) is 0. The van der Waals surface area contributed by atoms with Crippen molar-refractivity contribution in [1.82, 2.24) is 13.7 Å². The minimum atomic E-state index is -0.194. The van der Waals surface area contributed by atoms with Gasteiger partial charge < -0.3 is 9.73 Å². The average Bonchev–Trinajstić information content (AvgIpc) is 3.34. The third-order valence-electron chi connectivity index (χ3n) is 4.45. The van der Waals surface area contributed by atoms with Crippen molar-refractivity contribution in [3.05, 3.63) is 71.8 Å². The number of carbonyl (C=O) groups is 1. The zero-order valence-corrected chi connectivity index (χ0v) is 15.7. The number of hydrogen-bond donors (Lipinski definition) is 1. The molecular weight excluding hydrogens is 372 g/mol. The number of aryl methyl sites for hydroxylation is 1. The summed E-state index contributed by atoms with van der Waals surface area (Å²) in [6, 6.07) is 18.6. The number of hydrogen-bond acceptors (Lipinski definition) is 6. The van der Waals surface area contributed by atoms with Crippen molar-refractivity contribution in [1.29, 1.82) is 0 Å². The van der Waals surface area contributed by atoms with Crippen LogP contribution in [0.2, 0.25) is 0 Å². The van der Waals surface area contributed by atoms with Crippen LogP contribution in [0.1, 0.15) is 15.9 Å². The Balaban J connectivity index is 1.37. The molecule has 1 N–H and O–H groups in total. The van der Waals surface area contributed by atoms with Crippen molar-refractivity contribution in [3.63, 3.8) is 0 Å². The largest absolute Gasteiger partial charge is 0.436 e. The summed E-state index contributed by atoms with van der Waals surface area (Å²) in [5, 5.41) is 2.89. The Labute approximate surface area is 164 Å². The number of nitrogens with one attached hydrogen (secondary N) is 1. The van der Waals surface area contributed by atoms with E-state index in [0.717, 1.165) is 45.0 Å². The fourth-order valence-electron chi connectivity index (χ4n) is 2.98. The first-order valence-corrected chi connectivity index (χ1v) is 9.40. The van der Waals surface area contributed by atoms with E-state index in [9.17, 15) is 4.79 Å². The maximum Gasteiger partial charge on any atom is 0.255 e. The number of anilines is 1. The molecule has 136 valence electrons. The van der Waals surface area contributed by atoms with Gasteiger partial charge >= 0.3 is 0 Å². The van der Waals surface area contributed by atoms with Gasteiger partial charge in [-0.1, -0.05) is 6.07 Å². The van der Waals surface area contributed by atoms with Crippen molar-refractivity contribution >= 4 is 45.5 Å². The number of rotatable bonds is 3. The van der Waals surface area contributed by atoms with Crippen LogP contribution >= 0.6 is 11.7 Å². The number of nitrogens with zero attached hydrogens (tertiary/aromatic N) is 3. The molecule has 0 spiro atoms. The quantitative estimate of drug-likeness (QED) is 0.469. The Morgan fingerprint density at radius 3 is 2.57 bits per heavy atom. The number of amides is 1. The third kappa shape index (κ3) is 3.01. The summed E-state index contributed by atoms with van der Waals surface area (Å²) in [7, 11) is 0. The average molecular weight is 386 g/mol. The minimum Gasteiger partial charge on any atom is -0.436 e. The van der Waals surface area contributed by atoms with Crippen LogP contribution in [0.5, 0.6) is 0 Å². The highest BCUT2D eigenvalue weighted by molar-refractivity contribution is 7.00. The number of benzene rings is 3. The minimum absolute atomic E-state index is 0.194. The Kier molecular flexibility index (Phi) is 3.87. The standard InChI is InChI=1S/C21H14N4O2S/c1-12-2-8-17-19(10-12)27-21(23-17)13-3-6-15(7-4-13)22-20(26)14-5-9-16-18(11-14)25-28-24-16/h2-11H,1H3,(H,22,26). The molecule has 28 heavy (non-hydrogen) atoms. The van der Waals surface area contributed by atoms with Gasteiger partial charge in [0.05, 0.1) is 11.7 Å². The van der Waals surface area contributed by atoms with Crippen LogP contribution in [0, 0.1) is 6.92 Å². The Morgan fingerprint density at radius 1 is 0.929 bits per heavy atom. The van der Waals surface area contributed by atoms with Crippen LogP contribution in [-0.2, 0) is 0 Å². The molecule has 0 fully saturated rings.